The van der Waals surface area contributed by atoms with Crippen molar-refractivity contribution in [3.63, 3.8) is 0 Å². The van der Waals surface area contributed by atoms with Gasteiger partial charge in [-0.3, -0.25) is 4.68 Å². The number of aromatic nitrogens is 5. The highest BCUT2D eigenvalue weighted by Crippen LogP contribution is 2.33. The van der Waals surface area contributed by atoms with E-state index in [0.717, 1.165) is 32.7 Å². The van der Waals surface area contributed by atoms with Gasteiger partial charge in [-0.2, -0.15) is 10.1 Å². The molecule has 0 unspecified atom stereocenters. The average molecular weight is 435 g/mol. The summed E-state index contributed by atoms with van der Waals surface area (Å²) in [5.41, 5.74) is 1.82. The number of rotatable bonds is 6. The van der Waals surface area contributed by atoms with E-state index in [1.54, 1.807) is 34.5 Å². The number of nitrogens with zero attached hydrogens (tertiary/aromatic N) is 5. The van der Waals surface area contributed by atoms with E-state index in [-0.39, 0.29) is 0 Å². The Kier molecular flexibility index (Phi) is 5.55. The van der Waals surface area contributed by atoms with Crippen LogP contribution in [0.25, 0.3) is 21.7 Å². The Balaban J connectivity index is 1.32. The molecule has 3 aromatic heterocycles. The van der Waals surface area contributed by atoms with Crippen molar-refractivity contribution in [2.45, 2.75) is 45.1 Å². The topological polar surface area (TPSA) is 77.8 Å². The third kappa shape index (κ3) is 4.39. The van der Waals surface area contributed by atoms with E-state index in [1.807, 2.05) is 31.3 Å². The number of thiazole rings is 1. The predicted octanol–water partition coefficient (Wildman–Crippen LogP) is 5.66. The van der Waals surface area contributed by atoms with E-state index in [1.165, 1.54) is 32.1 Å². The molecule has 160 valence electrons. The van der Waals surface area contributed by atoms with Gasteiger partial charge in [-0.05, 0) is 43.9 Å². The minimum atomic E-state index is 0.447. The minimum Gasteiger partial charge on any atom is -0.439 e. The monoisotopic (exact) mass is 434 g/mol. The Morgan fingerprint density at radius 3 is 2.77 bits per heavy atom. The van der Waals surface area contributed by atoms with Gasteiger partial charge in [-0.25, -0.2) is 9.97 Å². The van der Waals surface area contributed by atoms with Gasteiger partial charge in [0.2, 0.25) is 5.88 Å². The standard InChI is InChI=1S/C23H26N6OS/c1-15(16-6-4-3-5-7-16)26-23-27-18-9-8-17(14-20(18)31-23)30-21-11-12-24-22(28-21)19-10-13-25-29(19)2/h8-16H,3-7H2,1-2H3,(H,26,27)/t15-/m0/s1. The lowest BCUT2D eigenvalue weighted by Crippen LogP contribution is -2.27. The fourth-order valence-corrected chi connectivity index (χ4v) is 5.20. The van der Waals surface area contributed by atoms with Gasteiger partial charge < -0.3 is 10.1 Å². The van der Waals surface area contributed by atoms with Gasteiger partial charge in [0.15, 0.2) is 11.0 Å². The van der Waals surface area contributed by atoms with E-state index >= 15 is 0 Å². The van der Waals surface area contributed by atoms with Crippen LogP contribution >= 0.6 is 11.3 Å². The zero-order valence-corrected chi connectivity index (χ0v) is 18.6. The molecule has 0 bridgehead atoms. The Hall–Kier alpha value is -3.00. The van der Waals surface area contributed by atoms with E-state index < -0.39 is 0 Å². The van der Waals surface area contributed by atoms with E-state index in [2.05, 4.69) is 27.3 Å². The highest BCUT2D eigenvalue weighted by atomic mass is 32.1. The number of benzene rings is 1. The zero-order valence-electron chi connectivity index (χ0n) is 17.8. The second-order valence-corrected chi connectivity index (χ2v) is 9.17. The molecule has 7 nitrogen and oxygen atoms in total. The molecule has 1 N–H and O–H groups in total. The van der Waals surface area contributed by atoms with E-state index in [4.69, 9.17) is 9.72 Å². The van der Waals surface area contributed by atoms with Crippen LogP contribution in [0.5, 0.6) is 11.6 Å². The maximum atomic E-state index is 6.03. The van der Waals surface area contributed by atoms with E-state index in [9.17, 15) is 0 Å². The van der Waals surface area contributed by atoms with Crippen LogP contribution in [0.3, 0.4) is 0 Å². The summed E-state index contributed by atoms with van der Waals surface area (Å²) in [6.07, 6.45) is 10.1. The minimum absolute atomic E-state index is 0.447. The van der Waals surface area contributed by atoms with Gasteiger partial charge in [0.1, 0.15) is 11.4 Å². The van der Waals surface area contributed by atoms with Crippen molar-refractivity contribution >= 4 is 26.7 Å². The molecule has 31 heavy (non-hydrogen) atoms. The van der Waals surface area contributed by atoms with Crippen molar-refractivity contribution in [2.75, 3.05) is 5.32 Å². The molecule has 1 aromatic carbocycles. The van der Waals surface area contributed by atoms with Crippen molar-refractivity contribution in [1.29, 1.82) is 0 Å². The van der Waals surface area contributed by atoms with Crippen LogP contribution in [0.1, 0.15) is 39.0 Å². The summed E-state index contributed by atoms with van der Waals surface area (Å²) >= 11 is 1.67. The number of ether oxygens (including phenoxy) is 1. The first kappa shape index (κ1) is 19.9. The summed E-state index contributed by atoms with van der Waals surface area (Å²) < 4.78 is 8.86. The van der Waals surface area contributed by atoms with Crippen LogP contribution in [-0.2, 0) is 7.05 Å². The molecule has 5 rings (SSSR count). The van der Waals surface area contributed by atoms with Crippen molar-refractivity contribution in [1.82, 2.24) is 24.7 Å². The van der Waals surface area contributed by atoms with Crippen molar-refractivity contribution < 1.29 is 4.74 Å². The maximum absolute atomic E-state index is 6.03. The second-order valence-electron chi connectivity index (χ2n) is 8.14. The third-order valence-electron chi connectivity index (χ3n) is 5.97. The fraction of sp³-hybridized carbons (Fsp3) is 0.391. The lowest BCUT2D eigenvalue weighted by Gasteiger charge is -2.28. The van der Waals surface area contributed by atoms with Crippen LogP contribution in [0.4, 0.5) is 5.13 Å². The van der Waals surface area contributed by atoms with Gasteiger partial charge in [0.05, 0.1) is 10.2 Å². The molecule has 0 aliphatic heterocycles. The van der Waals surface area contributed by atoms with Crippen LogP contribution in [0, 0.1) is 5.92 Å². The summed E-state index contributed by atoms with van der Waals surface area (Å²) in [6, 6.07) is 10.0. The summed E-state index contributed by atoms with van der Waals surface area (Å²) in [4.78, 5) is 13.6. The smallest absolute Gasteiger partial charge is 0.222 e. The molecule has 1 fully saturated rings. The molecule has 8 heteroatoms. The average Bonchev–Trinajstić information content (AvgIpc) is 3.39. The van der Waals surface area contributed by atoms with Crippen molar-refractivity contribution in [3.05, 3.63) is 42.7 Å². The lowest BCUT2D eigenvalue weighted by molar-refractivity contribution is 0.328. The Bertz CT molecular complexity index is 1180. The highest BCUT2D eigenvalue weighted by Gasteiger charge is 2.21. The summed E-state index contributed by atoms with van der Waals surface area (Å²) in [5.74, 6) is 2.56. The molecule has 1 aliphatic carbocycles. The quantitative estimate of drug-likeness (QED) is 0.422. The maximum Gasteiger partial charge on any atom is 0.222 e. The molecular formula is C23H26N6OS. The first-order valence-corrected chi connectivity index (χ1v) is 11.6. The molecule has 1 atom stereocenters. The van der Waals surface area contributed by atoms with Crippen LogP contribution in [0.2, 0.25) is 0 Å². The highest BCUT2D eigenvalue weighted by molar-refractivity contribution is 7.22. The molecule has 4 aromatic rings. The fourth-order valence-electron chi connectivity index (χ4n) is 4.21. The molecule has 0 spiro atoms. The molecule has 0 radical (unpaired) electrons. The van der Waals surface area contributed by atoms with Crippen LogP contribution in [0.15, 0.2) is 42.7 Å². The first-order valence-electron chi connectivity index (χ1n) is 10.8. The number of hydrogen-bond donors (Lipinski definition) is 1. The zero-order chi connectivity index (χ0) is 21.2. The number of aryl methyl sites for hydroxylation is 1. The van der Waals surface area contributed by atoms with Gasteiger partial charge in [-0.1, -0.05) is 30.6 Å². The van der Waals surface area contributed by atoms with Crippen LogP contribution < -0.4 is 10.1 Å². The number of anilines is 1. The normalized spacial score (nSPS) is 15.8. The summed E-state index contributed by atoms with van der Waals surface area (Å²) in [6.45, 7) is 2.28. The first-order chi connectivity index (χ1) is 15.2. The third-order valence-corrected chi connectivity index (χ3v) is 6.92. The SMILES string of the molecule is C[C@H](Nc1nc2ccc(Oc3ccnc(-c4ccnn4C)n3)cc2s1)C1CCCCC1. The largest absolute Gasteiger partial charge is 0.439 e. The molecule has 1 aliphatic rings. The summed E-state index contributed by atoms with van der Waals surface area (Å²) in [7, 11) is 1.87. The van der Waals surface area contributed by atoms with Gasteiger partial charge in [0, 0.05) is 37.6 Å². The van der Waals surface area contributed by atoms with Crippen LogP contribution in [-0.4, -0.2) is 30.8 Å². The van der Waals surface area contributed by atoms with Crippen molar-refractivity contribution in [2.24, 2.45) is 13.0 Å². The lowest BCUT2D eigenvalue weighted by atomic mass is 9.85. The number of nitrogens with one attached hydrogen (secondary N) is 1. The Labute approximate surface area is 185 Å². The molecule has 0 saturated heterocycles. The molecule has 3 heterocycles. The van der Waals surface area contributed by atoms with Gasteiger partial charge in [-0.15, -0.1) is 0 Å². The van der Waals surface area contributed by atoms with E-state index in [0.29, 0.717) is 17.7 Å². The van der Waals surface area contributed by atoms with Crippen molar-refractivity contribution in [3.8, 4) is 23.1 Å². The number of fused-ring (bicyclic) bond motifs is 1. The molecule has 0 amide bonds. The predicted molar refractivity (Wildman–Crippen MR) is 124 cm³/mol. The Morgan fingerprint density at radius 2 is 1.97 bits per heavy atom. The van der Waals surface area contributed by atoms with Gasteiger partial charge in [0.25, 0.3) is 0 Å². The molecule has 1 saturated carbocycles. The summed E-state index contributed by atoms with van der Waals surface area (Å²) in [5, 5.41) is 8.79. The number of hydrogen-bond acceptors (Lipinski definition) is 7. The molecular weight excluding hydrogens is 408 g/mol. The van der Waals surface area contributed by atoms with Gasteiger partial charge >= 0.3 is 0 Å². The second kappa shape index (κ2) is 8.63. The Morgan fingerprint density at radius 1 is 1.10 bits per heavy atom.